The molecule has 0 amide bonds. The Morgan fingerprint density at radius 1 is 0.345 bits per heavy atom. The van der Waals surface area contributed by atoms with E-state index in [4.69, 9.17) is 4.74 Å². The minimum Gasteiger partial charge on any atom is -0.453 e. The van der Waals surface area contributed by atoms with Crippen molar-refractivity contribution in [3.05, 3.63) is 206 Å². The molecule has 3 heteroatoms. The van der Waals surface area contributed by atoms with Gasteiger partial charge in [0.2, 0.25) is 0 Å². The van der Waals surface area contributed by atoms with E-state index in [1.54, 1.807) is 0 Å². The van der Waals surface area contributed by atoms with Gasteiger partial charge in [-0.1, -0.05) is 146 Å². The lowest BCUT2D eigenvalue weighted by Gasteiger charge is -2.33. The highest BCUT2D eigenvalue weighted by Gasteiger charge is 2.26. The third-order valence-corrected chi connectivity index (χ3v) is 11.0. The molecule has 1 heterocycles. The predicted molar refractivity (Wildman–Crippen MR) is 231 cm³/mol. The van der Waals surface area contributed by atoms with E-state index in [1.807, 2.05) is 24.3 Å². The van der Waals surface area contributed by atoms with Crippen molar-refractivity contribution in [2.24, 2.45) is 0 Å². The van der Waals surface area contributed by atoms with Crippen molar-refractivity contribution in [2.45, 2.75) is 0 Å². The Balaban J connectivity index is 1.09. The van der Waals surface area contributed by atoms with Crippen LogP contribution < -0.4 is 14.5 Å². The first kappa shape index (κ1) is 31.2. The fraction of sp³-hybridized carbons (Fsp3) is 0. The third-order valence-electron chi connectivity index (χ3n) is 11.0. The van der Waals surface area contributed by atoms with E-state index in [0.29, 0.717) is 0 Å². The monoisotopic (exact) mass is 702 g/mol. The van der Waals surface area contributed by atoms with Gasteiger partial charge in [0.25, 0.3) is 0 Å². The summed E-state index contributed by atoms with van der Waals surface area (Å²) in [5.74, 6) is 1.69. The van der Waals surface area contributed by atoms with Crippen molar-refractivity contribution in [1.82, 2.24) is 0 Å². The molecule has 0 bridgehead atoms. The van der Waals surface area contributed by atoms with Crippen molar-refractivity contribution >= 4 is 77.2 Å². The Hall–Kier alpha value is -7.36. The van der Waals surface area contributed by atoms with E-state index in [2.05, 4.69) is 192 Å². The van der Waals surface area contributed by atoms with Crippen LogP contribution in [0.3, 0.4) is 0 Å². The van der Waals surface area contributed by atoms with Crippen LogP contribution in [0.4, 0.5) is 34.1 Å². The summed E-state index contributed by atoms with van der Waals surface area (Å²) in [5.41, 5.74) is 8.80. The van der Waals surface area contributed by atoms with E-state index in [0.717, 1.165) is 56.8 Å². The number of para-hydroxylation sites is 4. The average Bonchev–Trinajstić information content (AvgIpc) is 3.26. The second kappa shape index (κ2) is 12.6. The SMILES string of the molecule is c1cc(-c2ccc(N(c3cc4ccccc4c4ccccc34)c3cc4ccccc4c4ccccc34)cc2)cc(N2c3ccccc3Oc3ccccc32)c1. The molecule has 0 aliphatic carbocycles. The average molecular weight is 703 g/mol. The molecular formula is C52H34N2O. The van der Waals surface area contributed by atoms with Gasteiger partial charge in [0.15, 0.2) is 11.5 Å². The Labute approximate surface area is 319 Å². The van der Waals surface area contributed by atoms with Gasteiger partial charge in [0.05, 0.1) is 22.7 Å². The highest BCUT2D eigenvalue weighted by Crippen LogP contribution is 2.51. The Bertz CT molecular complexity index is 2930. The van der Waals surface area contributed by atoms with E-state index >= 15 is 0 Å². The summed E-state index contributed by atoms with van der Waals surface area (Å²) in [4.78, 5) is 4.76. The lowest BCUT2D eigenvalue weighted by atomic mass is 9.96. The fourth-order valence-corrected chi connectivity index (χ4v) is 8.46. The second-order valence-electron chi connectivity index (χ2n) is 14.1. The number of hydrogen-bond donors (Lipinski definition) is 0. The standard InChI is InChI=1S/C52H34N2O/c1-3-18-41-37(14-1)33-49(45-22-7-5-20-43(41)45)53(50-34-38-15-2-4-19-42(38)44-21-6-8-23-46(44)50)39-30-28-35(29-31-39)36-16-13-17-40(32-36)54-47-24-9-11-26-51(47)55-52-27-12-10-25-48(52)54/h1-34H. The lowest BCUT2D eigenvalue weighted by molar-refractivity contribution is 0.477. The molecule has 0 saturated heterocycles. The Kier molecular flexibility index (Phi) is 7.17. The molecule has 55 heavy (non-hydrogen) atoms. The second-order valence-corrected chi connectivity index (χ2v) is 14.1. The molecule has 0 N–H and O–H groups in total. The highest BCUT2D eigenvalue weighted by atomic mass is 16.5. The largest absolute Gasteiger partial charge is 0.453 e. The summed E-state index contributed by atoms with van der Waals surface area (Å²) >= 11 is 0. The fourth-order valence-electron chi connectivity index (χ4n) is 8.46. The number of ether oxygens (including phenoxy) is 1. The minimum atomic E-state index is 0.846. The maximum absolute atomic E-state index is 6.31. The highest BCUT2D eigenvalue weighted by molar-refractivity contribution is 6.18. The van der Waals surface area contributed by atoms with Crippen LogP contribution >= 0.6 is 0 Å². The van der Waals surface area contributed by atoms with Crippen LogP contribution in [0.25, 0.3) is 54.2 Å². The summed E-state index contributed by atoms with van der Waals surface area (Å²) in [6.45, 7) is 0. The first-order chi connectivity index (χ1) is 27.3. The molecule has 0 unspecified atom stereocenters. The molecule has 0 saturated carbocycles. The van der Waals surface area contributed by atoms with Gasteiger partial charge >= 0.3 is 0 Å². The van der Waals surface area contributed by atoms with Gasteiger partial charge < -0.3 is 14.5 Å². The number of fused-ring (bicyclic) bond motifs is 8. The maximum atomic E-state index is 6.31. The normalized spacial score (nSPS) is 12.1. The number of rotatable bonds is 5. The Morgan fingerprint density at radius 2 is 0.818 bits per heavy atom. The third kappa shape index (κ3) is 5.13. The summed E-state index contributed by atoms with van der Waals surface area (Å²) in [6, 6.07) is 74.1. The van der Waals surface area contributed by atoms with Gasteiger partial charge in [0.1, 0.15) is 0 Å². The summed E-state index contributed by atoms with van der Waals surface area (Å²) in [5, 5.41) is 9.84. The van der Waals surface area contributed by atoms with Crippen LogP contribution in [0, 0.1) is 0 Å². The van der Waals surface area contributed by atoms with Gasteiger partial charge in [-0.15, -0.1) is 0 Å². The molecule has 3 nitrogen and oxygen atoms in total. The van der Waals surface area contributed by atoms with Gasteiger partial charge in [-0.05, 0) is 104 Å². The van der Waals surface area contributed by atoms with Crippen molar-refractivity contribution < 1.29 is 4.74 Å². The van der Waals surface area contributed by atoms with Gasteiger partial charge in [-0.3, -0.25) is 0 Å². The van der Waals surface area contributed by atoms with Crippen LogP contribution in [-0.2, 0) is 0 Å². The molecule has 258 valence electrons. The summed E-state index contributed by atoms with van der Waals surface area (Å²) < 4.78 is 6.31. The number of benzene rings is 10. The van der Waals surface area contributed by atoms with E-state index < -0.39 is 0 Å². The van der Waals surface area contributed by atoms with Crippen molar-refractivity contribution in [2.75, 3.05) is 9.80 Å². The van der Waals surface area contributed by atoms with Gasteiger partial charge in [-0.25, -0.2) is 0 Å². The first-order valence-electron chi connectivity index (χ1n) is 18.8. The first-order valence-corrected chi connectivity index (χ1v) is 18.8. The van der Waals surface area contributed by atoms with Gasteiger partial charge in [-0.2, -0.15) is 0 Å². The molecular weight excluding hydrogens is 669 g/mol. The zero-order valence-electron chi connectivity index (χ0n) is 29.9. The van der Waals surface area contributed by atoms with Crippen molar-refractivity contribution in [3.63, 3.8) is 0 Å². The molecule has 10 aromatic carbocycles. The molecule has 11 rings (SSSR count). The summed E-state index contributed by atoms with van der Waals surface area (Å²) in [6.07, 6.45) is 0. The topological polar surface area (TPSA) is 15.7 Å². The van der Waals surface area contributed by atoms with Crippen LogP contribution in [-0.4, -0.2) is 0 Å². The molecule has 0 aromatic heterocycles. The van der Waals surface area contributed by atoms with Crippen LogP contribution in [0.2, 0.25) is 0 Å². The zero-order valence-corrected chi connectivity index (χ0v) is 29.9. The molecule has 10 aromatic rings. The Morgan fingerprint density at radius 3 is 1.38 bits per heavy atom. The molecule has 0 spiro atoms. The number of anilines is 6. The van der Waals surface area contributed by atoms with Gasteiger partial charge in [0, 0.05) is 22.1 Å². The molecule has 0 radical (unpaired) electrons. The predicted octanol–water partition coefficient (Wildman–Crippen LogP) is 15.0. The molecule has 1 aliphatic rings. The van der Waals surface area contributed by atoms with Crippen molar-refractivity contribution in [3.8, 4) is 22.6 Å². The lowest BCUT2D eigenvalue weighted by Crippen LogP contribution is -2.15. The summed E-state index contributed by atoms with van der Waals surface area (Å²) in [7, 11) is 0. The molecule has 1 aliphatic heterocycles. The maximum Gasteiger partial charge on any atom is 0.151 e. The van der Waals surface area contributed by atoms with E-state index in [-0.39, 0.29) is 0 Å². The molecule has 0 fully saturated rings. The van der Waals surface area contributed by atoms with Crippen LogP contribution in [0.15, 0.2) is 206 Å². The number of hydrogen-bond acceptors (Lipinski definition) is 3. The number of nitrogens with zero attached hydrogens (tertiary/aromatic N) is 2. The molecule has 0 atom stereocenters. The minimum absolute atomic E-state index is 0.846. The van der Waals surface area contributed by atoms with Crippen LogP contribution in [0.5, 0.6) is 11.5 Å². The van der Waals surface area contributed by atoms with Crippen LogP contribution in [0.1, 0.15) is 0 Å². The zero-order chi connectivity index (χ0) is 36.3. The van der Waals surface area contributed by atoms with Crippen molar-refractivity contribution in [1.29, 1.82) is 0 Å². The van der Waals surface area contributed by atoms with E-state index in [1.165, 1.54) is 43.1 Å². The smallest absolute Gasteiger partial charge is 0.151 e. The van der Waals surface area contributed by atoms with E-state index in [9.17, 15) is 0 Å². The quantitative estimate of drug-likeness (QED) is 0.166.